The summed E-state index contributed by atoms with van der Waals surface area (Å²) >= 11 is 0. The van der Waals surface area contributed by atoms with Crippen molar-refractivity contribution >= 4 is 29.1 Å². The molecule has 142 valence electrons. The van der Waals surface area contributed by atoms with Crippen LogP contribution in [-0.2, 0) is 4.79 Å². The van der Waals surface area contributed by atoms with Gasteiger partial charge in [-0.25, -0.2) is 0 Å². The molecule has 0 atom stereocenters. The number of nitrogens with zero attached hydrogens (tertiary/aromatic N) is 1. The highest BCUT2D eigenvalue weighted by Gasteiger charge is 2.13. The van der Waals surface area contributed by atoms with Gasteiger partial charge in [0, 0.05) is 36.3 Å². The standard InChI is InChI=1S/C19H21N3O5/c1-13-4-7-18(19(9-13)22(25)26)21-8-2-3-15(24)12-27-16-6-5-14(11-23)17(20)10-16/h4-7,9-11,21H,2-3,8,12,20H2,1H3. The molecule has 8 heteroatoms. The van der Waals surface area contributed by atoms with Gasteiger partial charge >= 0.3 is 0 Å². The summed E-state index contributed by atoms with van der Waals surface area (Å²) in [6.07, 6.45) is 1.43. The first-order valence-electron chi connectivity index (χ1n) is 8.39. The molecule has 0 fully saturated rings. The molecule has 0 bridgehead atoms. The number of hydrogen-bond donors (Lipinski definition) is 2. The van der Waals surface area contributed by atoms with Crippen LogP contribution in [-0.4, -0.2) is 30.1 Å². The number of nitrogen functional groups attached to an aromatic ring is 1. The Morgan fingerprint density at radius 1 is 1.30 bits per heavy atom. The van der Waals surface area contributed by atoms with E-state index < -0.39 is 4.92 Å². The minimum Gasteiger partial charge on any atom is -0.486 e. The van der Waals surface area contributed by atoms with E-state index in [4.69, 9.17) is 10.5 Å². The van der Waals surface area contributed by atoms with Crippen LogP contribution in [0, 0.1) is 17.0 Å². The van der Waals surface area contributed by atoms with E-state index in [0.29, 0.717) is 41.9 Å². The number of nitro benzene ring substituents is 1. The maximum absolute atomic E-state index is 11.9. The number of ether oxygens (including phenoxy) is 1. The summed E-state index contributed by atoms with van der Waals surface area (Å²) in [6, 6.07) is 9.55. The summed E-state index contributed by atoms with van der Waals surface area (Å²) in [5.74, 6) is 0.313. The number of carbonyl (C=O) groups excluding carboxylic acids is 2. The molecule has 0 saturated carbocycles. The number of Topliss-reactive ketones (excluding diaryl/α,β-unsaturated/α-hetero) is 1. The number of hydrogen-bond acceptors (Lipinski definition) is 7. The molecular weight excluding hydrogens is 350 g/mol. The van der Waals surface area contributed by atoms with Crippen molar-refractivity contribution in [3.8, 4) is 5.75 Å². The zero-order valence-corrected chi connectivity index (χ0v) is 14.9. The first-order chi connectivity index (χ1) is 12.9. The van der Waals surface area contributed by atoms with Gasteiger partial charge in [0.1, 0.15) is 18.0 Å². The van der Waals surface area contributed by atoms with Gasteiger partial charge in [-0.2, -0.15) is 0 Å². The molecule has 0 unspecified atom stereocenters. The summed E-state index contributed by atoms with van der Waals surface area (Å²) < 4.78 is 5.37. The molecular formula is C19H21N3O5. The van der Waals surface area contributed by atoms with Gasteiger partial charge < -0.3 is 15.8 Å². The highest BCUT2D eigenvalue weighted by atomic mass is 16.6. The molecule has 0 radical (unpaired) electrons. The predicted molar refractivity (Wildman–Crippen MR) is 102 cm³/mol. The number of aldehydes is 1. The molecule has 27 heavy (non-hydrogen) atoms. The van der Waals surface area contributed by atoms with Gasteiger partial charge in [-0.3, -0.25) is 19.7 Å². The minimum atomic E-state index is -0.435. The smallest absolute Gasteiger partial charge is 0.292 e. The quantitative estimate of drug-likeness (QED) is 0.216. The fraction of sp³-hybridized carbons (Fsp3) is 0.263. The van der Waals surface area contributed by atoms with Crippen molar-refractivity contribution in [1.82, 2.24) is 0 Å². The Labute approximate surface area is 156 Å². The summed E-state index contributed by atoms with van der Waals surface area (Å²) in [6.45, 7) is 2.11. The molecule has 0 heterocycles. The van der Waals surface area contributed by atoms with Gasteiger partial charge in [0.05, 0.1) is 4.92 Å². The zero-order valence-electron chi connectivity index (χ0n) is 14.9. The number of rotatable bonds is 10. The molecule has 0 aromatic heterocycles. The maximum Gasteiger partial charge on any atom is 0.292 e. The molecule has 0 aliphatic rings. The third-order valence-electron chi connectivity index (χ3n) is 3.88. The monoisotopic (exact) mass is 371 g/mol. The van der Waals surface area contributed by atoms with Gasteiger partial charge in [-0.15, -0.1) is 0 Å². The van der Waals surface area contributed by atoms with E-state index in [2.05, 4.69) is 5.32 Å². The Morgan fingerprint density at radius 2 is 2.07 bits per heavy atom. The first kappa shape index (κ1) is 19.9. The highest BCUT2D eigenvalue weighted by molar-refractivity contribution is 5.84. The molecule has 0 amide bonds. The van der Waals surface area contributed by atoms with Crippen molar-refractivity contribution in [3.63, 3.8) is 0 Å². The number of carbonyl (C=O) groups is 2. The van der Waals surface area contributed by atoms with Gasteiger partial charge in [0.15, 0.2) is 12.1 Å². The summed E-state index contributed by atoms with van der Waals surface area (Å²) in [4.78, 5) is 33.2. The van der Waals surface area contributed by atoms with Gasteiger partial charge in [-0.05, 0) is 37.1 Å². The molecule has 2 aromatic rings. The highest BCUT2D eigenvalue weighted by Crippen LogP contribution is 2.25. The Kier molecular flexibility index (Phi) is 6.87. The second-order valence-electron chi connectivity index (χ2n) is 6.04. The molecule has 8 nitrogen and oxygen atoms in total. The Hall–Kier alpha value is -3.42. The second kappa shape index (κ2) is 9.33. The average Bonchev–Trinajstić information content (AvgIpc) is 2.64. The largest absolute Gasteiger partial charge is 0.486 e. The third-order valence-corrected chi connectivity index (χ3v) is 3.88. The minimum absolute atomic E-state index is 0.0148. The van der Waals surface area contributed by atoms with Gasteiger partial charge in [-0.1, -0.05) is 6.07 Å². The van der Waals surface area contributed by atoms with Crippen LogP contribution in [0.25, 0.3) is 0 Å². The number of nitrogens with two attached hydrogens (primary N) is 1. The van der Waals surface area contributed by atoms with Crippen LogP contribution in [0.15, 0.2) is 36.4 Å². The second-order valence-corrected chi connectivity index (χ2v) is 6.04. The number of nitrogens with one attached hydrogen (secondary N) is 1. The predicted octanol–water partition coefficient (Wildman–Crippen LogP) is 3.14. The first-order valence-corrected chi connectivity index (χ1v) is 8.39. The van der Waals surface area contributed by atoms with Crippen molar-refractivity contribution in [2.75, 3.05) is 24.2 Å². The van der Waals surface area contributed by atoms with E-state index in [1.54, 1.807) is 25.1 Å². The van der Waals surface area contributed by atoms with E-state index >= 15 is 0 Å². The summed E-state index contributed by atoms with van der Waals surface area (Å²) in [7, 11) is 0. The molecule has 2 rings (SSSR count). The van der Waals surface area contributed by atoms with E-state index in [0.717, 1.165) is 5.56 Å². The third kappa shape index (κ3) is 5.81. The Balaban J connectivity index is 1.76. The molecule has 2 aromatic carbocycles. The van der Waals surface area contributed by atoms with Gasteiger partial charge in [0.2, 0.25) is 0 Å². The van der Waals surface area contributed by atoms with E-state index in [9.17, 15) is 19.7 Å². The zero-order chi connectivity index (χ0) is 19.8. The van der Waals surface area contributed by atoms with Crippen molar-refractivity contribution in [3.05, 3.63) is 57.6 Å². The summed E-state index contributed by atoms with van der Waals surface area (Å²) in [5.41, 5.74) is 7.59. The normalized spacial score (nSPS) is 10.3. The molecule has 3 N–H and O–H groups in total. The summed E-state index contributed by atoms with van der Waals surface area (Å²) in [5, 5.41) is 14.1. The maximum atomic E-state index is 11.9. The van der Waals surface area contributed by atoms with Crippen LogP contribution < -0.4 is 15.8 Å². The number of aryl methyl sites for hydroxylation is 1. The number of nitro groups is 1. The fourth-order valence-electron chi connectivity index (χ4n) is 2.44. The number of benzene rings is 2. The van der Waals surface area contributed by atoms with Crippen molar-refractivity contribution in [2.24, 2.45) is 0 Å². The molecule has 0 aliphatic carbocycles. The van der Waals surface area contributed by atoms with Crippen LogP contribution >= 0.6 is 0 Å². The average molecular weight is 371 g/mol. The SMILES string of the molecule is Cc1ccc(NCCCC(=O)COc2ccc(C=O)c(N)c2)c([N+](=O)[O-])c1. The van der Waals surface area contributed by atoms with Crippen LogP contribution in [0.4, 0.5) is 17.1 Å². The van der Waals surface area contributed by atoms with E-state index in [1.807, 2.05) is 0 Å². The molecule has 0 aliphatic heterocycles. The van der Waals surface area contributed by atoms with Gasteiger partial charge in [0.25, 0.3) is 5.69 Å². The fourth-order valence-corrected chi connectivity index (χ4v) is 2.44. The number of anilines is 2. The van der Waals surface area contributed by atoms with Crippen LogP contribution in [0.3, 0.4) is 0 Å². The van der Waals surface area contributed by atoms with E-state index in [1.165, 1.54) is 18.2 Å². The lowest BCUT2D eigenvalue weighted by Crippen LogP contribution is -2.13. The lowest BCUT2D eigenvalue weighted by molar-refractivity contribution is -0.384. The molecule has 0 saturated heterocycles. The van der Waals surface area contributed by atoms with Crippen molar-refractivity contribution in [1.29, 1.82) is 0 Å². The molecule has 0 spiro atoms. The van der Waals surface area contributed by atoms with E-state index in [-0.39, 0.29) is 24.5 Å². The van der Waals surface area contributed by atoms with Crippen LogP contribution in [0.2, 0.25) is 0 Å². The van der Waals surface area contributed by atoms with Crippen molar-refractivity contribution in [2.45, 2.75) is 19.8 Å². The Bertz CT molecular complexity index is 851. The topological polar surface area (TPSA) is 125 Å². The van der Waals surface area contributed by atoms with Crippen LogP contribution in [0.5, 0.6) is 5.75 Å². The van der Waals surface area contributed by atoms with Crippen LogP contribution in [0.1, 0.15) is 28.8 Å². The number of ketones is 1. The van der Waals surface area contributed by atoms with Crippen molar-refractivity contribution < 1.29 is 19.2 Å². The Morgan fingerprint density at radius 3 is 2.74 bits per heavy atom. The lowest BCUT2D eigenvalue weighted by atomic mass is 10.2. The lowest BCUT2D eigenvalue weighted by Gasteiger charge is -2.09.